The van der Waals surface area contributed by atoms with Crippen LogP contribution < -0.4 is 33.2 Å². The molecular weight excluding hydrogens is 436 g/mol. The van der Waals surface area contributed by atoms with Crippen molar-refractivity contribution < 1.29 is 24.3 Å². The maximum atomic E-state index is 12.7. The number of carbonyl (C=O) groups excluding carboxylic acids is 3. The molecule has 11 nitrogen and oxygen atoms in total. The molecule has 4 atom stereocenters. The van der Waals surface area contributed by atoms with Gasteiger partial charge < -0.3 is 38.3 Å². The van der Waals surface area contributed by atoms with Crippen LogP contribution in [0.4, 0.5) is 0 Å². The van der Waals surface area contributed by atoms with Crippen LogP contribution >= 0.6 is 11.8 Å². The first-order valence-electron chi connectivity index (χ1n) is 11.0. The first-order chi connectivity index (χ1) is 15.2. The van der Waals surface area contributed by atoms with Crippen molar-refractivity contribution in [3.8, 4) is 0 Å². The number of hydrogen-bond donors (Lipinski definition) is 7. The molecule has 0 fully saturated rings. The lowest BCUT2D eigenvalue weighted by molar-refractivity contribution is -0.142. The summed E-state index contributed by atoms with van der Waals surface area (Å²) in [5, 5.41) is 17.0. The minimum atomic E-state index is -1.14. The highest BCUT2D eigenvalue weighted by Crippen LogP contribution is 2.06. The second-order valence-corrected chi connectivity index (χ2v) is 8.63. The van der Waals surface area contributed by atoms with E-state index in [2.05, 4.69) is 16.0 Å². The molecule has 0 saturated carbocycles. The molecule has 0 aromatic rings. The largest absolute Gasteiger partial charge is 0.480 e. The second kappa shape index (κ2) is 17.6. The third-order valence-electron chi connectivity index (χ3n) is 4.86. The highest BCUT2D eigenvalue weighted by molar-refractivity contribution is 7.98. The highest BCUT2D eigenvalue weighted by atomic mass is 32.2. The van der Waals surface area contributed by atoms with Gasteiger partial charge in [-0.25, -0.2) is 4.79 Å². The van der Waals surface area contributed by atoms with E-state index in [9.17, 15) is 24.3 Å². The summed E-state index contributed by atoms with van der Waals surface area (Å²) in [4.78, 5) is 48.9. The standard InChI is InChI=1S/C20H40N6O5S/c1-13(24-18(28)14(23)7-3-5-10-21)17(27)25-15(9-12-32-2)19(29)26-16(20(30)31)8-4-6-11-22/h13-16H,3-12,21-23H2,1-2H3,(H,24,28)(H,25,27)(H,26,29)(H,30,31). The number of thioether (sulfide) groups is 1. The van der Waals surface area contributed by atoms with Crippen LogP contribution in [0.2, 0.25) is 0 Å². The number of unbranched alkanes of at least 4 members (excludes halogenated alkanes) is 2. The molecule has 10 N–H and O–H groups in total. The molecule has 4 unspecified atom stereocenters. The van der Waals surface area contributed by atoms with Crippen LogP contribution in [0.25, 0.3) is 0 Å². The number of hydrogen-bond acceptors (Lipinski definition) is 8. The highest BCUT2D eigenvalue weighted by Gasteiger charge is 2.28. The van der Waals surface area contributed by atoms with E-state index in [1.54, 1.807) is 0 Å². The normalized spacial score (nSPS) is 14.7. The van der Waals surface area contributed by atoms with Gasteiger partial charge in [-0.2, -0.15) is 11.8 Å². The average Bonchev–Trinajstić information content (AvgIpc) is 2.75. The maximum absolute atomic E-state index is 12.7. The fourth-order valence-electron chi connectivity index (χ4n) is 2.85. The van der Waals surface area contributed by atoms with Gasteiger partial charge in [-0.05, 0) is 70.5 Å². The third kappa shape index (κ3) is 12.8. The third-order valence-corrected chi connectivity index (χ3v) is 5.51. The molecule has 0 aliphatic carbocycles. The Morgan fingerprint density at radius 3 is 1.91 bits per heavy atom. The lowest BCUT2D eigenvalue weighted by atomic mass is 10.1. The van der Waals surface area contributed by atoms with E-state index in [0.29, 0.717) is 50.9 Å². The smallest absolute Gasteiger partial charge is 0.326 e. The Balaban J connectivity index is 4.93. The van der Waals surface area contributed by atoms with Crippen LogP contribution in [0, 0.1) is 0 Å². The van der Waals surface area contributed by atoms with Crippen molar-refractivity contribution in [2.24, 2.45) is 17.2 Å². The molecule has 0 heterocycles. The van der Waals surface area contributed by atoms with Gasteiger partial charge in [0.1, 0.15) is 18.1 Å². The Morgan fingerprint density at radius 2 is 1.38 bits per heavy atom. The molecule has 0 aromatic heterocycles. The number of carbonyl (C=O) groups is 4. The number of aliphatic carboxylic acids is 1. The Kier molecular flexibility index (Phi) is 16.6. The van der Waals surface area contributed by atoms with Crippen molar-refractivity contribution in [1.29, 1.82) is 0 Å². The van der Waals surface area contributed by atoms with E-state index in [0.717, 1.165) is 6.42 Å². The maximum Gasteiger partial charge on any atom is 0.326 e. The topological polar surface area (TPSA) is 203 Å². The Bertz CT molecular complexity index is 595. The monoisotopic (exact) mass is 476 g/mol. The van der Waals surface area contributed by atoms with E-state index in [4.69, 9.17) is 17.2 Å². The second-order valence-electron chi connectivity index (χ2n) is 7.65. The van der Waals surface area contributed by atoms with Gasteiger partial charge in [0.05, 0.1) is 6.04 Å². The van der Waals surface area contributed by atoms with Gasteiger partial charge in [0.25, 0.3) is 0 Å². The predicted molar refractivity (Wildman–Crippen MR) is 126 cm³/mol. The van der Waals surface area contributed by atoms with Gasteiger partial charge in [0, 0.05) is 0 Å². The summed E-state index contributed by atoms with van der Waals surface area (Å²) in [5.41, 5.74) is 16.7. The summed E-state index contributed by atoms with van der Waals surface area (Å²) in [6.45, 7) is 2.45. The van der Waals surface area contributed by atoms with Crippen molar-refractivity contribution in [2.45, 2.75) is 76.0 Å². The molecule has 0 bridgehead atoms. The van der Waals surface area contributed by atoms with Crippen LogP contribution in [0.1, 0.15) is 51.9 Å². The quantitative estimate of drug-likeness (QED) is 0.120. The van der Waals surface area contributed by atoms with Crippen LogP contribution in [0.3, 0.4) is 0 Å². The van der Waals surface area contributed by atoms with E-state index < -0.39 is 47.9 Å². The zero-order valence-corrected chi connectivity index (χ0v) is 19.9. The Hall–Kier alpha value is -1.89. The Labute approximate surface area is 194 Å². The number of nitrogens with one attached hydrogen (secondary N) is 3. The molecule has 0 aliphatic rings. The van der Waals surface area contributed by atoms with Gasteiger partial charge in [-0.1, -0.05) is 6.42 Å². The lowest BCUT2D eigenvalue weighted by Gasteiger charge is -2.23. The number of rotatable bonds is 18. The van der Waals surface area contributed by atoms with Crippen molar-refractivity contribution in [1.82, 2.24) is 16.0 Å². The number of amides is 3. The molecule has 0 aromatic carbocycles. The SMILES string of the molecule is CSCCC(NC(=O)C(C)NC(=O)C(N)CCCCN)C(=O)NC(CCCCN)C(=O)O. The minimum Gasteiger partial charge on any atom is -0.480 e. The molecule has 0 rings (SSSR count). The molecule has 0 saturated heterocycles. The molecule has 12 heteroatoms. The van der Waals surface area contributed by atoms with E-state index >= 15 is 0 Å². The van der Waals surface area contributed by atoms with Gasteiger partial charge >= 0.3 is 5.97 Å². The fraction of sp³-hybridized carbons (Fsp3) is 0.800. The van der Waals surface area contributed by atoms with Gasteiger partial charge in [0.2, 0.25) is 17.7 Å². The van der Waals surface area contributed by atoms with Gasteiger partial charge in [0.15, 0.2) is 0 Å². The summed E-state index contributed by atoms with van der Waals surface area (Å²) >= 11 is 1.49. The van der Waals surface area contributed by atoms with Gasteiger partial charge in [-0.15, -0.1) is 0 Å². The summed E-state index contributed by atoms with van der Waals surface area (Å²) in [5.74, 6) is -2.15. The molecule has 0 aliphatic heterocycles. The zero-order chi connectivity index (χ0) is 24.5. The summed E-state index contributed by atoms with van der Waals surface area (Å²) in [7, 11) is 0. The predicted octanol–water partition coefficient (Wildman–Crippen LogP) is -1.12. The van der Waals surface area contributed by atoms with Crippen molar-refractivity contribution in [3.05, 3.63) is 0 Å². The van der Waals surface area contributed by atoms with Crippen LogP contribution in [0.15, 0.2) is 0 Å². The van der Waals surface area contributed by atoms with E-state index in [1.165, 1.54) is 18.7 Å². The first-order valence-corrected chi connectivity index (χ1v) is 12.4. The average molecular weight is 477 g/mol. The van der Waals surface area contributed by atoms with Crippen molar-refractivity contribution >= 4 is 35.5 Å². The number of nitrogens with two attached hydrogens (primary N) is 3. The molecule has 186 valence electrons. The molecular formula is C20H40N6O5S. The number of carboxylic acid groups (broad SMARTS) is 1. The molecule has 0 radical (unpaired) electrons. The zero-order valence-electron chi connectivity index (χ0n) is 19.1. The Morgan fingerprint density at radius 1 is 0.812 bits per heavy atom. The summed E-state index contributed by atoms with van der Waals surface area (Å²) < 4.78 is 0. The van der Waals surface area contributed by atoms with Crippen LogP contribution in [-0.2, 0) is 19.2 Å². The van der Waals surface area contributed by atoms with Crippen LogP contribution in [-0.4, -0.2) is 78.1 Å². The molecule has 3 amide bonds. The van der Waals surface area contributed by atoms with Crippen molar-refractivity contribution in [2.75, 3.05) is 25.1 Å². The fourth-order valence-corrected chi connectivity index (χ4v) is 3.32. The van der Waals surface area contributed by atoms with E-state index in [-0.39, 0.29) is 6.42 Å². The summed E-state index contributed by atoms with van der Waals surface area (Å²) in [6.07, 6.45) is 5.55. The van der Waals surface area contributed by atoms with Crippen LogP contribution in [0.5, 0.6) is 0 Å². The van der Waals surface area contributed by atoms with E-state index in [1.807, 2.05) is 6.26 Å². The van der Waals surface area contributed by atoms with Gasteiger partial charge in [-0.3, -0.25) is 14.4 Å². The first kappa shape index (κ1) is 30.1. The molecule has 32 heavy (non-hydrogen) atoms. The van der Waals surface area contributed by atoms with Crippen molar-refractivity contribution in [3.63, 3.8) is 0 Å². The lowest BCUT2D eigenvalue weighted by Crippen LogP contribution is -2.56. The summed E-state index contributed by atoms with van der Waals surface area (Å²) in [6, 6.07) is -3.65. The number of carboxylic acids is 1. The minimum absolute atomic E-state index is 0.246. The molecule has 0 spiro atoms.